The molecule has 0 bridgehead atoms. The van der Waals surface area contributed by atoms with Crippen LogP contribution < -0.4 is 5.32 Å². The van der Waals surface area contributed by atoms with Gasteiger partial charge in [-0.3, -0.25) is 4.90 Å². The SMILES string of the molecule is CCOC1CCCN(CC(NC)C2CCOC2)C1. The van der Waals surface area contributed by atoms with Gasteiger partial charge in [0.15, 0.2) is 0 Å². The number of ether oxygens (including phenoxy) is 2. The fourth-order valence-corrected chi connectivity index (χ4v) is 3.18. The normalized spacial score (nSPS) is 31.7. The first-order valence-electron chi connectivity index (χ1n) is 7.42. The molecule has 0 radical (unpaired) electrons. The summed E-state index contributed by atoms with van der Waals surface area (Å²) in [7, 11) is 2.08. The molecule has 3 atom stereocenters. The topological polar surface area (TPSA) is 33.7 Å². The number of rotatable bonds is 6. The van der Waals surface area contributed by atoms with E-state index in [1.165, 1.54) is 25.8 Å². The van der Waals surface area contributed by atoms with Crippen molar-refractivity contribution in [2.24, 2.45) is 5.92 Å². The molecule has 0 amide bonds. The van der Waals surface area contributed by atoms with Crippen LogP contribution in [0, 0.1) is 5.92 Å². The summed E-state index contributed by atoms with van der Waals surface area (Å²) in [6.45, 7) is 8.23. The minimum absolute atomic E-state index is 0.445. The van der Waals surface area contributed by atoms with Crippen LogP contribution in [0.5, 0.6) is 0 Å². The van der Waals surface area contributed by atoms with Gasteiger partial charge in [-0.2, -0.15) is 0 Å². The number of nitrogens with zero attached hydrogens (tertiary/aromatic N) is 1. The van der Waals surface area contributed by atoms with E-state index in [1.54, 1.807) is 0 Å². The lowest BCUT2D eigenvalue weighted by Crippen LogP contribution is -2.49. The molecule has 0 aromatic heterocycles. The lowest BCUT2D eigenvalue weighted by Gasteiger charge is -2.36. The maximum Gasteiger partial charge on any atom is 0.0702 e. The molecule has 18 heavy (non-hydrogen) atoms. The van der Waals surface area contributed by atoms with Crippen LogP contribution >= 0.6 is 0 Å². The Hall–Kier alpha value is -0.160. The summed E-state index contributed by atoms with van der Waals surface area (Å²) in [5, 5.41) is 3.48. The van der Waals surface area contributed by atoms with Crippen LogP contribution in [-0.4, -0.2) is 63.5 Å². The molecule has 0 aromatic rings. The van der Waals surface area contributed by atoms with Crippen LogP contribution in [0.25, 0.3) is 0 Å². The average Bonchev–Trinajstić information content (AvgIpc) is 2.90. The van der Waals surface area contributed by atoms with Crippen molar-refractivity contribution < 1.29 is 9.47 Å². The Bertz CT molecular complexity index is 230. The van der Waals surface area contributed by atoms with Crippen LogP contribution in [0.2, 0.25) is 0 Å². The lowest BCUT2D eigenvalue weighted by atomic mass is 9.97. The highest BCUT2D eigenvalue weighted by molar-refractivity contribution is 4.83. The van der Waals surface area contributed by atoms with Gasteiger partial charge in [-0.1, -0.05) is 0 Å². The maximum absolute atomic E-state index is 5.77. The predicted molar refractivity (Wildman–Crippen MR) is 72.9 cm³/mol. The van der Waals surface area contributed by atoms with Crippen molar-refractivity contribution >= 4 is 0 Å². The Kier molecular flexibility index (Phi) is 5.89. The zero-order chi connectivity index (χ0) is 12.8. The van der Waals surface area contributed by atoms with E-state index < -0.39 is 0 Å². The molecular weight excluding hydrogens is 228 g/mol. The highest BCUT2D eigenvalue weighted by Gasteiger charge is 2.28. The van der Waals surface area contributed by atoms with Gasteiger partial charge >= 0.3 is 0 Å². The van der Waals surface area contributed by atoms with Crippen molar-refractivity contribution in [2.75, 3.05) is 46.5 Å². The Labute approximate surface area is 111 Å². The zero-order valence-corrected chi connectivity index (χ0v) is 11.9. The molecule has 4 heteroatoms. The van der Waals surface area contributed by atoms with E-state index in [0.29, 0.717) is 18.1 Å². The summed E-state index contributed by atoms with van der Waals surface area (Å²) in [5.41, 5.74) is 0. The van der Waals surface area contributed by atoms with Gasteiger partial charge in [-0.15, -0.1) is 0 Å². The summed E-state index contributed by atoms with van der Waals surface area (Å²) in [4.78, 5) is 2.56. The van der Waals surface area contributed by atoms with E-state index in [1.807, 2.05) is 0 Å². The van der Waals surface area contributed by atoms with Gasteiger partial charge in [-0.25, -0.2) is 0 Å². The predicted octanol–water partition coefficient (Wildman–Crippen LogP) is 1.11. The van der Waals surface area contributed by atoms with Crippen LogP contribution in [-0.2, 0) is 9.47 Å². The Morgan fingerprint density at radius 3 is 3.00 bits per heavy atom. The molecule has 2 heterocycles. The average molecular weight is 256 g/mol. The second-order valence-corrected chi connectivity index (χ2v) is 5.50. The molecule has 2 rings (SSSR count). The maximum atomic E-state index is 5.77. The third-order valence-electron chi connectivity index (χ3n) is 4.22. The Balaban J connectivity index is 1.79. The third kappa shape index (κ3) is 3.92. The molecule has 106 valence electrons. The molecule has 0 saturated carbocycles. The number of likely N-dealkylation sites (N-methyl/N-ethyl adjacent to an activating group) is 1. The molecule has 0 spiro atoms. The second kappa shape index (κ2) is 7.43. The Morgan fingerprint density at radius 1 is 1.44 bits per heavy atom. The van der Waals surface area contributed by atoms with E-state index >= 15 is 0 Å². The van der Waals surface area contributed by atoms with Crippen LogP contribution in [0.4, 0.5) is 0 Å². The lowest BCUT2D eigenvalue weighted by molar-refractivity contribution is 0.00175. The van der Waals surface area contributed by atoms with E-state index in [0.717, 1.165) is 32.9 Å². The van der Waals surface area contributed by atoms with Gasteiger partial charge in [0, 0.05) is 38.3 Å². The molecule has 1 N–H and O–H groups in total. The molecule has 0 aromatic carbocycles. The summed E-state index contributed by atoms with van der Waals surface area (Å²) >= 11 is 0. The van der Waals surface area contributed by atoms with Crippen molar-refractivity contribution in [1.29, 1.82) is 0 Å². The minimum atomic E-state index is 0.445. The zero-order valence-electron chi connectivity index (χ0n) is 11.9. The van der Waals surface area contributed by atoms with Gasteiger partial charge in [0.25, 0.3) is 0 Å². The quantitative estimate of drug-likeness (QED) is 0.772. The summed E-state index contributed by atoms with van der Waals surface area (Å²) in [6, 6.07) is 0.563. The van der Waals surface area contributed by atoms with Crippen molar-refractivity contribution in [3.8, 4) is 0 Å². The first kappa shape index (κ1) is 14.3. The molecule has 2 saturated heterocycles. The van der Waals surface area contributed by atoms with Gasteiger partial charge in [0.2, 0.25) is 0 Å². The van der Waals surface area contributed by atoms with Crippen molar-refractivity contribution in [2.45, 2.75) is 38.3 Å². The van der Waals surface area contributed by atoms with E-state index in [9.17, 15) is 0 Å². The van der Waals surface area contributed by atoms with Gasteiger partial charge in [0.1, 0.15) is 0 Å². The van der Waals surface area contributed by atoms with Gasteiger partial charge in [0.05, 0.1) is 12.7 Å². The first-order valence-corrected chi connectivity index (χ1v) is 7.42. The van der Waals surface area contributed by atoms with Crippen LogP contribution in [0.1, 0.15) is 26.2 Å². The smallest absolute Gasteiger partial charge is 0.0702 e. The van der Waals surface area contributed by atoms with Crippen molar-refractivity contribution in [3.05, 3.63) is 0 Å². The number of hydrogen-bond acceptors (Lipinski definition) is 4. The van der Waals surface area contributed by atoms with Crippen molar-refractivity contribution in [3.63, 3.8) is 0 Å². The van der Waals surface area contributed by atoms with E-state index in [4.69, 9.17) is 9.47 Å². The monoisotopic (exact) mass is 256 g/mol. The molecule has 4 nitrogen and oxygen atoms in total. The standard InChI is InChI=1S/C14H28N2O2/c1-3-18-13-5-4-7-16(9-13)10-14(15-2)12-6-8-17-11-12/h12-15H,3-11H2,1-2H3. The minimum Gasteiger partial charge on any atom is -0.381 e. The fourth-order valence-electron chi connectivity index (χ4n) is 3.18. The summed E-state index contributed by atoms with van der Waals surface area (Å²) in [6.07, 6.45) is 4.14. The van der Waals surface area contributed by atoms with Crippen LogP contribution in [0.15, 0.2) is 0 Å². The van der Waals surface area contributed by atoms with E-state index in [2.05, 4.69) is 24.2 Å². The van der Waals surface area contributed by atoms with E-state index in [-0.39, 0.29) is 0 Å². The highest BCUT2D eigenvalue weighted by atomic mass is 16.5. The summed E-state index contributed by atoms with van der Waals surface area (Å²) in [5.74, 6) is 0.683. The highest BCUT2D eigenvalue weighted by Crippen LogP contribution is 2.20. The molecule has 0 aliphatic carbocycles. The third-order valence-corrected chi connectivity index (χ3v) is 4.22. The molecule has 2 fully saturated rings. The Morgan fingerprint density at radius 2 is 2.33 bits per heavy atom. The largest absolute Gasteiger partial charge is 0.381 e. The number of nitrogens with one attached hydrogen (secondary N) is 1. The summed E-state index contributed by atoms with van der Waals surface area (Å²) < 4.78 is 11.3. The number of piperidine rings is 1. The van der Waals surface area contributed by atoms with Crippen LogP contribution in [0.3, 0.4) is 0 Å². The molecule has 3 unspecified atom stereocenters. The second-order valence-electron chi connectivity index (χ2n) is 5.50. The molecule has 2 aliphatic heterocycles. The first-order chi connectivity index (χ1) is 8.83. The molecular formula is C14H28N2O2. The number of hydrogen-bond donors (Lipinski definition) is 1. The number of likely N-dealkylation sites (tertiary alicyclic amines) is 1. The van der Waals surface area contributed by atoms with Gasteiger partial charge < -0.3 is 14.8 Å². The fraction of sp³-hybridized carbons (Fsp3) is 1.00. The van der Waals surface area contributed by atoms with Crippen molar-refractivity contribution in [1.82, 2.24) is 10.2 Å². The molecule has 2 aliphatic rings. The van der Waals surface area contributed by atoms with Gasteiger partial charge in [-0.05, 0) is 39.8 Å².